The second-order valence-electron chi connectivity index (χ2n) is 5.43. The molecule has 2 N–H and O–H groups in total. The van der Waals surface area contributed by atoms with E-state index in [1.807, 2.05) is 0 Å². The van der Waals surface area contributed by atoms with Crippen molar-refractivity contribution in [3.05, 3.63) is 83.1 Å². The Balaban J connectivity index is 1.65. The summed E-state index contributed by atoms with van der Waals surface area (Å²) >= 11 is 0. The van der Waals surface area contributed by atoms with Crippen LogP contribution in [0.5, 0.6) is 0 Å². The minimum atomic E-state index is -1.69. The molecule has 0 unspecified atom stereocenters. The number of carbonyl (C=O) groups is 1. The lowest BCUT2D eigenvalue weighted by atomic mass is 10.2. The predicted molar refractivity (Wildman–Crippen MR) is 90.0 cm³/mol. The zero-order valence-electron chi connectivity index (χ0n) is 13.6. The first kappa shape index (κ1) is 18.3. The minimum Gasteiger partial charge on any atom is -0.364 e. The largest absolute Gasteiger partial charge is 0.364 e. The molecule has 0 fully saturated rings. The average Bonchev–Trinajstić information content (AvgIpc) is 2.68. The number of amides is 1. The van der Waals surface area contributed by atoms with Gasteiger partial charge in [-0.2, -0.15) is 0 Å². The van der Waals surface area contributed by atoms with E-state index in [-0.39, 0.29) is 23.9 Å². The highest BCUT2D eigenvalue weighted by molar-refractivity contribution is 6.02. The van der Waals surface area contributed by atoms with E-state index in [4.69, 9.17) is 0 Å². The van der Waals surface area contributed by atoms with Crippen LogP contribution in [0.4, 0.5) is 29.1 Å². The number of benzene rings is 2. The molecule has 3 aromatic rings. The molecule has 0 spiro atoms. The molecule has 138 valence electrons. The second kappa shape index (κ2) is 7.81. The number of aromatic nitrogens is 2. The van der Waals surface area contributed by atoms with E-state index in [1.165, 1.54) is 18.2 Å². The van der Waals surface area contributed by atoms with Crippen molar-refractivity contribution in [2.24, 2.45) is 0 Å². The summed E-state index contributed by atoms with van der Waals surface area (Å²) in [4.78, 5) is 12.0. The Morgan fingerprint density at radius 2 is 1.63 bits per heavy atom. The molecule has 0 bridgehead atoms. The molecule has 0 atom stereocenters. The summed E-state index contributed by atoms with van der Waals surface area (Å²) in [6.07, 6.45) is 0. The SMILES string of the molecule is O=C(Nc1ccc(F)c(F)c1F)c1ccc(NCc2ccccc2F)nn1. The zero-order valence-corrected chi connectivity index (χ0v) is 13.6. The molecule has 2 aromatic carbocycles. The summed E-state index contributed by atoms with van der Waals surface area (Å²) in [7, 11) is 0. The molecular weight excluding hydrogens is 364 g/mol. The molecule has 9 heteroatoms. The summed E-state index contributed by atoms with van der Waals surface area (Å²) < 4.78 is 53.2. The Kier molecular flexibility index (Phi) is 5.30. The van der Waals surface area contributed by atoms with Crippen LogP contribution in [0.1, 0.15) is 16.1 Å². The van der Waals surface area contributed by atoms with E-state index >= 15 is 0 Å². The van der Waals surface area contributed by atoms with E-state index in [0.717, 1.165) is 6.07 Å². The van der Waals surface area contributed by atoms with Gasteiger partial charge in [0.1, 0.15) is 11.6 Å². The number of rotatable bonds is 5. The molecule has 1 amide bonds. The van der Waals surface area contributed by atoms with E-state index in [9.17, 15) is 22.4 Å². The molecule has 3 rings (SSSR count). The maximum atomic E-state index is 13.6. The Hall–Kier alpha value is -3.49. The van der Waals surface area contributed by atoms with Crippen LogP contribution in [0, 0.1) is 23.3 Å². The van der Waals surface area contributed by atoms with Gasteiger partial charge in [0.15, 0.2) is 23.1 Å². The molecule has 0 aliphatic rings. The molecule has 0 saturated heterocycles. The van der Waals surface area contributed by atoms with Crippen LogP contribution in [0.2, 0.25) is 0 Å². The molecule has 0 aliphatic carbocycles. The van der Waals surface area contributed by atoms with Crippen molar-refractivity contribution >= 4 is 17.4 Å². The van der Waals surface area contributed by atoms with Gasteiger partial charge in [-0.25, -0.2) is 17.6 Å². The van der Waals surface area contributed by atoms with E-state index in [2.05, 4.69) is 20.8 Å². The van der Waals surface area contributed by atoms with Gasteiger partial charge in [-0.3, -0.25) is 4.79 Å². The van der Waals surface area contributed by atoms with Crippen LogP contribution in [0.3, 0.4) is 0 Å². The van der Waals surface area contributed by atoms with Gasteiger partial charge in [-0.05, 0) is 30.3 Å². The van der Waals surface area contributed by atoms with Crippen molar-refractivity contribution in [1.82, 2.24) is 10.2 Å². The summed E-state index contributed by atoms with van der Waals surface area (Å²) in [6, 6.07) is 10.5. The Bertz CT molecular complexity index is 980. The van der Waals surface area contributed by atoms with Gasteiger partial charge in [0.2, 0.25) is 0 Å². The highest BCUT2D eigenvalue weighted by atomic mass is 19.2. The van der Waals surface area contributed by atoms with Gasteiger partial charge in [-0.1, -0.05) is 18.2 Å². The highest BCUT2D eigenvalue weighted by Crippen LogP contribution is 2.20. The van der Waals surface area contributed by atoms with Crippen LogP contribution in [0.15, 0.2) is 48.5 Å². The molecular formula is C18H12F4N4O. The first-order valence-electron chi connectivity index (χ1n) is 7.71. The van der Waals surface area contributed by atoms with Gasteiger partial charge in [-0.15, -0.1) is 10.2 Å². The number of anilines is 2. The zero-order chi connectivity index (χ0) is 19.4. The molecule has 1 aromatic heterocycles. The van der Waals surface area contributed by atoms with Crippen LogP contribution in [-0.2, 0) is 6.54 Å². The molecule has 0 saturated carbocycles. The Morgan fingerprint density at radius 3 is 2.33 bits per heavy atom. The van der Waals surface area contributed by atoms with E-state index < -0.39 is 29.0 Å². The van der Waals surface area contributed by atoms with Crippen molar-refractivity contribution in [1.29, 1.82) is 0 Å². The first-order chi connectivity index (χ1) is 13.0. The van der Waals surface area contributed by atoms with Gasteiger partial charge in [0, 0.05) is 12.1 Å². The summed E-state index contributed by atoms with van der Waals surface area (Å²) in [5.41, 5.74) is -0.270. The van der Waals surface area contributed by atoms with Crippen LogP contribution in [-0.4, -0.2) is 16.1 Å². The number of nitrogens with zero attached hydrogens (tertiary/aromatic N) is 2. The molecule has 0 radical (unpaired) electrons. The lowest BCUT2D eigenvalue weighted by Gasteiger charge is -2.08. The molecule has 1 heterocycles. The fourth-order valence-electron chi connectivity index (χ4n) is 2.18. The number of hydrogen-bond acceptors (Lipinski definition) is 4. The van der Waals surface area contributed by atoms with Crippen LogP contribution >= 0.6 is 0 Å². The van der Waals surface area contributed by atoms with Crippen molar-refractivity contribution in [2.45, 2.75) is 6.54 Å². The highest BCUT2D eigenvalue weighted by Gasteiger charge is 2.17. The molecule has 5 nitrogen and oxygen atoms in total. The standard InChI is InChI=1S/C18H12F4N4O/c19-11-4-2-1-3-10(11)9-23-15-8-7-14(25-26-15)18(27)24-13-6-5-12(20)16(21)17(13)22/h1-8H,9H2,(H,23,26)(H,24,27). The second-order valence-corrected chi connectivity index (χ2v) is 5.43. The number of nitrogens with one attached hydrogen (secondary N) is 2. The monoisotopic (exact) mass is 376 g/mol. The maximum Gasteiger partial charge on any atom is 0.276 e. The van der Waals surface area contributed by atoms with Gasteiger partial charge in [0.05, 0.1) is 5.69 Å². The Labute approximate surface area is 151 Å². The topological polar surface area (TPSA) is 66.9 Å². The average molecular weight is 376 g/mol. The van der Waals surface area contributed by atoms with E-state index in [1.54, 1.807) is 18.2 Å². The lowest BCUT2D eigenvalue weighted by Crippen LogP contribution is -2.16. The van der Waals surface area contributed by atoms with Crippen LogP contribution < -0.4 is 10.6 Å². The van der Waals surface area contributed by atoms with Crippen molar-refractivity contribution in [2.75, 3.05) is 10.6 Å². The Morgan fingerprint density at radius 1 is 0.852 bits per heavy atom. The third-order valence-electron chi connectivity index (χ3n) is 3.60. The number of halogens is 4. The number of carbonyl (C=O) groups excluding carboxylic acids is 1. The number of hydrogen-bond donors (Lipinski definition) is 2. The van der Waals surface area contributed by atoms with Crippen molar-refractivity contribution in [3.63, 3.8) is 0 Å². The third-order valence-corrected chi connectivity index (χ3v) is 3.60. The quantitative estimate of drug-likeness (QED) is 0.524. The molecule has 0 aliphatic heterocycles. The maximum absolute atomic E-state index is 13.6. The van der Waals surface area contributed by atoms with Crippen LogP contribution in [0.25, 0.3) is 0 Å². The minimum absolute atomic E-state index is 0.160. The van der Waals surface area contributed by atoms with Gasteiger partial charge < -0.3 is 10.6 Å². The summed E-state index contributed by atoms with van der Waals surface area (Å²) in [5.74, 6) is -5.51. The predicted octanol–water partition coefficient (Wildman–Crippen LogP) is 3.90. The molecule has 27 heavy (non-hydrogen) atoms. The van der Waals surface area contributed by atoms with Gasteiger partial charge >= 0.3 is 0 Å². The smallest absolute Gasteiger partial charge is 0.276 e. The fourth-order valence-corrected chi connectivity index (χ4v) is 2.18. The fraction of sp³-hybridized carbons (Fsp3) is 0.0556. The normalized spacial score (nSPS) is 10.5. The van der Waals surface area contributed by atoms with Crippen molar-refractivity contribution in [3.8, 4) is 0 Å². The first-order valence-corrected chi connectivity index (χ1v) is 7.71. The lowest BCUT2D eigenvalue weighted by molar-refractivity contribution is 0.102. The van der Waals surface area contributed by atoms with Gasteiger partial charge in [0.25, 0.3) is 5.91 Å². The van der Waals surface area contributed by atoms with E-state index in [0.29, 0.717) is 11.6 Å². The van der Waals surface area contributed by atoms with Crippen molar-refractivity contribution < 1.29 is 22.4 Å². The third kappa shape index (κ3) is 4.20. The summed E-state index contributed by atoms with van der Waals surface area (Å²) in [6.45, 7) is 0.160. The summed E-state index contributed by atoms with van der Waals surface area (Å²) in [5, 5.41) is 12.4.